The summed E-state index contributed by atoms with van der Waals surface area (Å²) in [6.45, 7) is 14.0. The summed E-state index contributed by atoms with van der Waals surface area (Å²) in [4.78, 5) is 4.85. The van der Waals surface area contributed by atoms with Crippen LogP contribution in [-0.2, 0) is 0 Å². The number of benzene rings is 1. The second kappa shape index (κ2) is 4.04. The number of aryl methyl sites for hydroxylation is 1. The van der Waals surface area contributed by atoms with Gasteiger partial charge in [0.1, 0.15) is 12.1 Å². The van der Waals surface area contributed by atoms with Crippen LogP contribution in [0.25, 0.3) is 0 Å². The molecule has 0 spiro atoms. The highest BCUT2D eigenvalue weighted by Crippen LogP contribution is 2.55. The van der Waals surface area contributed by atoms with Gasteiger partial charge in [-0.3, -0.25) is 4.99 Å². The van der Waals surface area contributed by atoms with Gasteiger partial charge in [0.2, 0.25) is 0 Å². The molecule has 3 heteroatoms. The summed E-state index contributed by atoms with van der Waals surface area (Å²) in [5.41, 5.74) is 3.88. The van der Waals surface area contributed by atoms with Crippen molar-refractivity contribution in [1.29, 1.82) is 0 Å². The zero-order valence-electron chi connectivity index (χ0n) is 12.1. The van der Waals surface area contributed by atoms with Crippen LogP contribution in [0.3, 0.4) is 0 Å². The molecule has 0 amide bonds. The Labute approximate surface area is 120 Å². The topological polar surface area (TPSA) is 12.4 Å². The lowest BCUT2D eigenvalue weighted by molar-refractivity contribution is 0.711. The quantitative estimate of drug-likeness (QED) is 0.415. The van der Waals surface area contributed by atoms with Crippen LogP contribution in [0.4, 0.5) is 0 Å². The van der Waals surface area contributed by atoms with Gasteiger partial charge in [0.05, 0.1) is 5.71 Å². The van der Waals surface area contributed by atoms with E-state index in [0.717, 1.165) is 0 Å². The molecule has 2 rings (SSSR count). The molecule has 0 saturated carbocycles. The number of hydrogen-bond acceptors (Lipinski definition) is 1. The Kier molecular flexibility index (Phi) is 3.14. The van der Waals surface area contributed by atoms with Gasteiger partial charge in [-0.1, -0.05) is 74.1 Å². The third-order valence-corrected chi connectivity index (χ3v) is 13.9. The van der Waals surface area contributed by atoms with Gasteiger partial charge in [0.25, 0.3) is 0 Å². The summed E-state index contributed by atoms with van der Waals surface area (Å²) in [6.07, 6.45) is 0. The molecule has 18 heavy (non-hydrogen) atoms. The first-order valence-corrected chi connectivity index (χ1v) is 10.3. The third-order valence-electron chi connectivity index (χ3n) is 4.63. The van der Waals surface area contributed by atoms with E-state index in [0.29, 0.717) is 5.04 Å². The Bertz CT molecular complexity index is 513. The molecule has 1 atom stereocenters. The molecule has 0 N–H and O–H groups in total. The molecule has 1 aliphatic heterocycles. The fourth-order valence-corrected chi connectivity index (χ4v) is 6.42. The molecule has 1 unspecified atom stereocenters. The van der Waals surface area contributed by atoms with E-state index in [9.17, 15) is 0 Å². The van der Waals surface area contributed by atoms with Crippen molar-refractivity contribution in [2.75, 3.05) is 0 Å². The minimum absolute atomic E-state index is 0.0651. The fraction of sp³-hybridized carbons (Fsp3) is 0.533. The summed E-state index contributed by atoms with van der Waals surface area (Å²) >= 11 is 3.94. The van der Waals surface area contributed by atoms with Gasteiger partial charge in [-0.15, -0.1) is 0 Å². The molecule has 1 nitrogen and oxygen atoms in total. The van der Waals surface area contributed by atoms with Gasteiger partial charge < -0.3 is 0 Å². The average Bonchev–Trinajstić information content (AvgIpc) is 2.91. The lowest BCUT2D eigenvalue weighted by Crippen LogP contribution is -2.51. The Hall–Kier alpha value is -0.413. The van der Waals surface area contributed by atoms with Crippen molar-refractivity contribution in [1.82, 2.24) is 0 Å². The predicted octanol–water partition coefficient (Wildman–Crippen LogP) is 4.94. The molecule has 0 radical (unpaired) electrons. The zero-order chi connectivity index (χ0) is 13.8. The van der Waals surface area contributed by atoms with Crippen LogP contribution in [0.2, 0.25) is 18.1 Å². The first-order chi connectivity index (χ1) is 8.11. The van der Waals surface area contributed by atoms with E-state index < -0.39 is 8.07 Å². The maximum absolute atomic E-state index is 4.85. The molecule has 0 bridgehead atoms. The van der Waals surface area contributed by atoms with Gasteiger partial charge in [-0.05, 0) is 17.5 Å². The Morgan fingerprint density at radius 1 is 1.17 bits per heavy atom. The summed E-state index contributed by atoms with van der Waals surface area (Å²) in [5.74, 6) is 0. The van der Waals surface area contributed by atoms with Gasteiger partial charge >= 0.3 is 0 Å². The standard InChI is InChI=1S/C15H22BrNSi/c1-11-9-7-8-10-12(11)13-15(16,17-13)18(5,6)14(2,3)4/h7-10H,1-6H3. The molecule has 1 aromatic rings. The van der Waals surface area contributed by atoms with E-state index in [1.807, 2.05) is 0 Å². The number of aliphatic imine (C=N–C) groups is 1. The molecule has 0 aromatic heterocycles. The van der Waals surface area contributed by atoms with Crippen molar-refractivity contribution < 1.29 is 0 Å². The van der Waals surface area contributed by atoms with Crippen LogP contribution in [0.5, 0.6) is 0 Å². The third kappa shape index (κ3) is 1.92. The molecule has 1 heterocycles. The maximum Gasteiger partial charge on any atom is 0.145 e. The van der Waals surface area contributed by atoms with Crippen LogP contribution >= 0.6 is 15.9 Å². The Morgan fingerprint density at radius 3 is 2.22 bits per heavy atom. The summed E-state index contributed by atoms with van der Waals surface area (Å²) < 4.78 is -0.0651. The van der Waals surface area contributed by atoms with Crippen molar-refractivity contribution in [2.24, 2.45) is 4.99 Å². The molecule has 0 saturated heterocycles. The molecule has 1 aromatic carbocycles. The van der Waals surface area contributed by atoms with Gasteiger partial charge in [-0.25, -0.2) is 0 Å². The van der Waals surface area contributed by atoms with E-state index in [1.165, 1.54) is 16.8 Å². The maximum atomic E-state index is 4.85. The van der Waals surface area contributed by atoms with Crippen molar-refractivity contribution >= 4 is 29.7 Å². The van der Waals surface area contributed by atoms with Crippen molar-refractivity contribution in [3.8, 4) is 0 Å². The monoisotopic (exact) mass is 323 g/mol. The number of alkyl halides is 1. The number of hydrogen-bond donors (Lipinski definition) is 0. The zero-order valence-corrected chi connectivity index (χ0v) is 14.7. The average molecular weight is 324 g/mol. The van der Waals surface area contributed by atoms with Crippen molar-refractivity contribution in [3.05, 3.63) is 35.4 Å². The van der Waals surface area contributed by atoms with Crippen LogP contribution in [-0.4, -0.2) is 17.9 Å². The predicted molar refractivity (Wildman–Crippen MR) is 86.6 cm³/mol. The van der Waals surface area contributed by atoms with Crippen molar-refractivity contribution in [3.63, 3.8) is 0 Å². The van der Waals surface area contributed by atoms with Crippen LogP contribution in [0, 0.1) is 6.92 Å². The minimum Gasteiger partial charge on any atom is -0.265 e. The summed E-state index contributed by atoms with van der Waals surface area (Å²) in [5, 5.41) is 0.324. The largest absolute Gasteiger partial charge is 0.265 e. The normalized spacial score (nSPS) is 23.8. The second-order valence-electron chi connectivity index (χ2n) is 6.77. The minimum atomic E-state index is -1.55. The molecule has 1 aliphatic rings. The van der Waals surface area contributed by atoms with Crippen LogP contribution in [0.1, 0.15) is 31.9 Å². The molecule has 0 aliphatic carbocycles. The highest BCUT2D eigenvalue weighted by molar-refractivity contribution is 9.11. The number of nitrogens with zero attached hydrogens (tertiary/aromatic N) is 1. The van der Waals surface area contributed by atoms with Gasteiger partial charge in [-0.2, -0.15) is 0 Å². The molecular weight excluding hydrogens is 302 g/mol. The summed E-state index contributed by atoms with van der Waals surface area (Å²) in [7, 11) is -1.55. The Morgan fingerprint density at radius 2 is 1.72 bits per heavy atom. The molecule has 98 valence electrons. The van der Waals surface area contributed by atoms with Gasteiger partial charge in [0, 0.05) is 5.56 Å². The van der Waals surface area contributed by atoms with E-state index in [1.54, 1.807) is 0 Å². The van der Waals surface area contributed by atoms with E-state index in [4.69, 9.17) is 4.99 Å². The Balaban J connectivity index is 2.35. The lowest BCUT2D eigenvalue weighted by atomic mass is 10.1. The van der Waals surface area contributed by atoms with Crippen molar-refractivity contribution in [2.45, 2.75) is 49.9 Å². The first kappa shape index (κ1) is 14.0. The van der Waals surface area contributed by atoms with Crippen LogP contribution < -0.4 is 0 Å². The highest BCUT2D eigenvalue weighted by Gasteiger charge is 2.62. The smallest absolute Gasteiger partial charge is 0.145 e. The number of halogens is 1. The van der Waals surface area contributed by atoms with Crippen LogP contribution in [0.15, 0.2) is 29.3 Å². The van der Waals surface area contributed by atoms with E-state index in [2.05, 4.69) is 81.0 Å². The fourth-order valence-electron chi connectivity index (χ4n) is 2.14. The second-order valence-corrected chi connectivity index (χ2v) is 14.1. The lowest BCUT2D eigenvalue weighted by Gasteiger charge is -2.40. The van der Waals surface area contributed by atoms with E-state index in [-0.39, 0.29) is 4.07 Å². The molecular formula is C15H22BrNSi. The first-order valence-electron chi connectivity index (χ1n) is 6.46. The highest BCUT2D eigenvalue weighted by atomic mass is 79.9. The molecule has 0 fully saturated rings. The van der Waals surface area contributed by atoms with E-state index >= 15 is 0 Å². The number of rotatable bonds is 2. The summed E-state index contributed by atoms with van der Waals surface area (Å²) in [6, 6.07) is 8.53. The van der Waals surface area contributed by atoms with Gasteiger partial charge in [0.15, 0.2) is 0 Å². The SMILES string of the molecule is Cc1ccccc1C1=NC1(Br)[Si](C)(C)C(C)(C)C.